The van der Waals surface area contributed by atoms with Crippen molar-refractivity contribution in [2.75, 3.05) is 20.1 Å². The molecule has 0 bridgehead atoms. The minimum Gasteiger partial charge on any atom is -0.340 e. The van der Waals surface area contributed by atoms with Gasteiger partial charge in [-0.25, -0.2) is 0 Å². The van der Waals surface area contributed by atoms with Crippen molar-refractivity contribution in [1.29, 1.82) is 0 Å². The van der Waals surface area contributed by atoms with Crippen LogP contribution in [0.5, 0.6) is 0 Å². The maximum Gasteiger partial charge on any atom is 0.222 e. The number of carbonyl (C=O) groups excluding carboxylic acids is 1. The third kappa shape index (κ3) is 3.78. The van der Waals surface area contributed by atoms with Crippen LogP contribution in [0.2, 0.25) is 0 Å². The van der Waals surface area contributed by atoms with Crippen LogP contribution in [0.25, 0.3) is 10.8 Å². The zero-order chi connectivity index (χ0) is 17.1. The predicted molar refractivity (Wildman–Crippen MR) is 99.9 cm³/mol. The van der Waals surface area contributed by atoms with Crippen LogP contribution < -0.4 is 0 Å². The van der Waals surface area contributed by atoms with Crippen molar-refractivity contribution >= 4 is 16.7 Å². The van der Waals surface area contributed by atoms with E-state index in [9.17, 15) is 4.79 Å². The first-order valence-electron chi connectivity index (χ1n) is 8.99. The maximum absolute atomic E-state index is 12.0. The lowest BCUT2D eigenvalue weighted by Gasteiger charge is -2.37. The number of hydrogen-bond acceptors (Lipinski definition) is 2. The van der Waals surface area contributed by atoms with Crippen LogP contribution in [0.1, 0.15) is 32.3 Å². The van der Waals surface area contributed by atoms with Gasteiger partial charge < -0.3 is 9.80 Å². The number of rotatable bonds is 5. The molecule has 0 radical (unpaired) electrons. The highest BCUT2D eigenvalue weighted by molar-refractivity contribution is 5.85. The van der Waals surface area contributed by atoms with Crippen molar-refractivity contribution in [3.05, 3.63) is 48.0 Å². The fourth-order valence-corrected chi connectivity index (χ4v) is 3.82. The molecule has 3 heteroatoms. The number of carbonyl (C=O) groups is 1. The molecule has 1 fully saturated rings. The zero-order valence-electron chi connectivity index (χ0n) is 15.0. The molecular weight excluding hydrogens is 296 g/mol. The van der Waals surface area contributed by atoms with Crippen LogP contribution in [0, 0.1) is 5.92 Å². The molecule has 128 valence electrons. The Morgan fingerprint density at radius 3 is 2.71 bits per heavy atom. The fourth-order valence-electron chi connectivity index (χ4n) is 3.82. The summed E-state index contributed by atoms with van der Waals surface area (Å²) in [5.41, 5.74) is 1.38. The molecule has 0 N–H and O–H groups in total. The fraction of sp³-hybridized carbons (Fsp3) is 0.476. The summed E-state index contributed by atoms with van der Waals surface area (Å²) in [7, 11) is 2.19. The molecule has 1 atom stereocenters. The largest absolute Gasteiger partial charge is 0.340 e. The second kappa shape index (κ2) is 7.35. The van der Waals surface area contributed by atoms with Gasteiger partial charge in [-0.2, -0.15) is 0 Å². The number of likely N-dealkylation sites (tertiary alicyclic amines) is 1. The van der Waals surface area contributed by atoms with E-state index in [-0.39, 0.29) is 0 Å². The summed E-state index contributed by atoms with van der Waals surface area (Å²) in [5, 5.41) is 2.65. The highest BCUT2D eigenvalue weighted by atomic mass is 16.2. The number of amides is 1. The molecule has 0 spiro atoms. The number of nitrogens with zero attached hydrogens (tertiary/aromatic N) is 2. The van der Waals surface area contributed by atoms with Crippen molar-refractivity contribution in [2.24, 2.45) is 5.92 Å². The van der Waals surface area contributed by atoms with Gasteiger partial charge in [-0.1, -0.05) is 42.5 Å². The molecular formula is C21H28N2O. The lowest BCUT2D eigenvalue weighted by atomic mass is 9.95. The number of fused-ring (bicyclic) bond motifs is 1. The molecule has 2 aromatic rings. The Balaban J connectivity index is 1.65. The lowest BCUT2D eigenvalue weighted by Crippen LogP contribution is -2.46. The Morgan fingerprint density at radius 1 is 1.17 bits per heavy atom. The SMILES string of the molecule is CC(C)N1CC(CN(C)Cc2cccc3ccccc23)CCC1=O. The summed E-state index contributed by atoms with van der Waals surface area (Å²) < 4.78 is 0. The first kappa shape index (κ1) is 17.0. The van der Waals surface area contributed by atoms with E-state index in [1.807, 2.05) is 4.90 Å². The van der Waals surface area contributed by atoms with Crippen LogP contribution >= 0.6 is 0 Å². The molecule has 0 saturated carbocycles. The van der Waals surface area contributed by atoms with Gasteiger partial charge in [0.1, 0.15) is 0 Å². The maximum atomic E-state index is 12.0. The zero-order valence-corrected chi connectivity index (χ0v) is 15.0. The van der Waals surface area contributed by atoms with E-state index in [2.05, 4.69) is 68.3 Å². The Kier molecular flexibility index (Phi) is 5.20. The first-order valence-corrected chi connectivity index (χ1v) is 8.99. The Bertz CT molecular complexity index is 705. The van der Waals surface area contributed by atoms with Crippen LogP contribution in [0.3, 0.4) is 0 Å². The summed E-state index contributed by atoms with van der Waals surface area (Å²) in [6.45, 7) is 7.11. The highest BCUT2D eigenvalue weighted by Crippen LogP contribution is 2.23. The molecule has 24 heavy (non-hydrogen) atoms. The monoisotopic (exact) mass is 324 g/mol. The number of piperidine rings is 1. The van der Waals surface area contributed by atoms with Crippen molar-refractivity contribution in [3.8, 4) is 0 Å². The average Bonchev–Trinajstić information content (AvgIpc) is 2.56. The quantitative estimate of drug-likeness (QED) is 0.832. The van der Waals surface area contributed by atoms with Gasteiger partial charge in [-0.05, 0) is 49.6 Å². The van der Waals surface area contributed by atoms with E-state index >= 15 is 0 Å². The van der Waals surface area contributed by atoms with Gasteiger partial charge in [-0.15, -0.1) is 0 Å². The van der Waals surface area contributed by atoms with Crippen molar-refractivity contribution < 1.29 is 4.79 Å². The molecule has 1 aliphatic heterocycles. The van der Waals surface area contributed by atoms with E-state index in [4.69, 9.17) is 0 Å². The van der Waals surface area contributed by atoms with Crippen molar-refractivity contribution in [1.82, 2.24) is 9.80 Å². The molecule has 2 aromatic carbocycles. The van der Waals surface area contributed by atoms with Gasteiger partial charge in [0.05, 0.1) is 0 Å². The predicted octanol–water partition coefficient (Wildman–Crippen LogP) is 3.92. The van der Waals surface area contributed by atoms with E-state index in [0.29, 0.717) is 24.3 Å². The summed E-state index contributed by atoms with van der Waals surface area (Å²) in [5.74, 6) is 0.892. The Hall–Kier alpha value is -1.87. The van der Waals surface area contributed by atoms with Gasteiger partial charge in [0, 0.05) is 32.1 Å². The van der Waals surface area contributed by atoms with E-state index in [0.717, 1.165) is 26.1 Å². The smallest absolute Gasteiger partial charge is 0.222 e. The van der Waals surface area contributed by atoms with Crippen LogP contribution in [-0.2, 0) is 11.3 Å². The highest BCUT2D eigenvalue weighted by Gasteiger charge is 2.27. The second-order valence-corrected chi connectivity index (χ2v) is 7.38. The van der Waals surface area contributed by atoms with E-state index < -0.39 is 0 Å². The molecule has 1 unspecified atom stereocenters. The minimum absolute atomic E-state index is 0.309. The third-order valence-electron chi connectivity index (χ3n) is 5.06. The Labute approximate surface area is 145 Å². The van der Waals surface area contributed by atoms with Gasteiger partial charge in [-0.3, -0.25) is 4.79 Å². The normalized spacial score (nSPS) is 18.8. The van der Waals surface area contributed by atoms with Crippen LogP contribution in [0.4, 0.5) is 0 Å². The van der Waals surface area contributed by atoms with E-state index in [1.54, 1.807) is 0 Å². The van der Waals surface area contributed by atoms with Gasteiger partial charge in [0.25, 0.3) is 0 Å². The minimum atomic E-state index is 0.309. The number of hydrogen-bond donors (Lipinski definition) is 0. The molecule has 1 aliphatic rings. The van der Waals surface area contributed by atoms with Crippen molar-refractivity contribution in [3.63, 3.8) is 0 Å². The summed E-state index contributed by atoms with van der Waals surface area (Å²) in [4.78, 5) is 16.5. The lowest BCUT2D eigenvalue weighted by molar-refractivity contribution is -0.136. The second-order valence-electron chi connectivity index (χ2n) is 7.38. The molecule has 1 saturated heterocycles. The first-order chi connectivity index (χ1) is 11.5. The standard InChI is InChI=1S/C21H28N2O/c1-16(2)23-14-17(11-12-21(23)24)13-22(3)15-19-9-6-8-18-7-4-5-10-20(18)19/h4-10,16-17H,11-15H2,1-3H3. The molecule has 3 nitrogen and oxygen atoms in total. The van der Waals surface area contributed by atoms with Crippen LogP contribution in [0.15, 0.2) is 42.5 Å². The molecule has 1 amide bonds. The summed E-state index contributed by atoms with van der Waals surface area (Å²) in [6.07, 6.45) is 1.72. The number of benzene rings is 2. The molecule has 0 aliphatic carbocycles. The van der Waals surface area contributed by atoms with Crippen molar-refractivity contribution in [2.45, 2.75) is 39.3 Å². The Morgan fingerprint density at radius 2 is 1.92 bits per heavy atom. The van der Waals surface area contributed by atoms with Gasteiger partial charge in [0.15, 0.2) is 0 Å². The van der Waals surface area contributed by atoms with Gasteiger partial charge in [0.2, 0.25) is 5.91 Å². The average molecular weight is 324 g/mol. The molecule has 0 aromatic heterocycles. The molecule has 1 heterocycles. The van der Waals surface area contributed by atoms with E-state index in [1.165, 1.54) is 16.3 Å². The summed E-state index contributed by atoms with van der Waals surface area (Å²) in [6, 6.07) is 15.4. The summed E-state index contributed by atoms with van der Waals surface area (Å²) >= 11 is 0. The molecule has 3 rings (SSSR count). The third-order valence-corrected chi connectivity index (χ3v) is 5.06. The van der Waals surface area contributed by atoms with Crippen LogP contribution in [-0.4, -0.2) is 41.9 Å². The topological polar surface area (TPSA) is 23.6 Å². The van der Waals surface area contributed by atoms with Gasteiger partial charge >= 0.3 is 0 Å².